The number of amides is 2. The molecule has 0 spiro atoms. The Kier molecular flexibility index (Phi) is 10.2. The topological polar surface area (TPSA) is 96.0 Å². The Labute approximate surface area is 254 Å². The summed E-state index contributed by atoms with van der Waals surface area (Å²) in [5.41, 5.74) is 3.05. The van der Waals surface area contributed by atoms with Gasteiger partial charge in [-0.2, -0.15) is 0 Å². The van der Waals surface area contributed by atoms with E-state index in [4.69, 9.17) is 4.74 Å². The fourth-order valence-electron chi connectivity index (χ4n) is 4.76. The van der Waals surface area contributed by atoms with Crippen LogP contribution < -0.4 is 14.4 Å². The third kappa shape index (κ3) is 7.81. The van der Waals surface area contributed by atoms with E-state index in [9.17, 15) is 18.0 Å². The molecule has 43 heavy (non-hydrogen) atoms. The summed E-state index contributed by atoms with van der Waals surface area (Å²) in [5, 5.41) is 2.64. The first kappa shape index (κ1) is 31.3. The highest BCUT2D eigenvalue weighted by Gasteiger charge is 2.33. The summed E-state index contributed by atoms with van der Waals surface area (Å²) < 4.78 is 35.1. The second-order valence-electron chi connectivity index (χ2n) is 10.3. The quantitative estimate of drug-likeness (QED) is 0.221. The molecule has 0 heterocycles. The molecule has 0 aliphatic heterocycles. The van der Waals surface area contributed by atoms with Crippen LogP contribution in [0.2, 0.25) is 0 Å². The lowest BCUT2D eigenvalue weighted by atomic mass is 10.1. The molecule has 4 aromatic rings. The number of rotatable bonds is 12. The summed E-state index contributed by atoms with van der Waals surface area (Å²) in [7, 11) is -2.64. The molecule has 0 aromatic heterocycles. The molecule has 2 amide bonds. The Morgan fingerprint density at radius 1 is 0.814 bits per heavy atom. The number of benzene rings is 4. The molecule has 0 saturated carbocycles. The number of carbonyl (C=O) groups is 2. The van der Waals surface area contributed by atoms with E-state index in [-0.39, 0.29) is 23.0 Å². The Morgan fingerprint density at radius 2 is 1.47 bits per heavy atom. The molecule has 0 saturated heterocycles. The maximum atomic E-state index is 14.1. The first-order chi connectivity index (χ1) is 20.6. The smallest absolute Gasteiger partial charge is 0.264 e. The van der Waals surface area contributed by atoms with E-state index < -0.39 is 28.5 Å². The van der Waals surface area contributed by atoms with Gasteiger partial charge in [0.25, 0.3) is 10.0 Å². The predicted octanol–water partition coefficient (Wildman–Crippen LogP) is 5.84. The monoisotopic (exact) mass is 599 g/mol. The average Bonchev–Trinajstić information content (AvgIpc) is 3.00. The van der Waals surface area contributed by atoms with Crippen molar-refractivity contribution in [2.24, 2.45) is 0 Å². The summed E-state index contributed by atoms with van der Waals surface area (Å²) in [6, 6.07) is 29.1. The van der Waals surface area contributed by atoms with Crippen LogP contribution in [0.3, 0.4) is 0 Å². The molecular formula is C34H37N3O5S. The van der Waals surface area contributed by atoms with E-state index in [2.05, 4.69) is 5.32 Å². The van der Waals surface area contributed by atoms with Crippen molar-refractivity contribution in [2.75, 3.05) is 17.9 Å². The molecule has 0 aliphatic rings. The predicted molar refractivity (Wildman–Crippen MR) is 169 cm³/mol. The molecule has 0 aliphatic carbocycles. The molecule has 0 bridgehead atoms. The van der Waals surface area contributed by atoms with Gasteiger partial charge in [0.15, 0.2) is 0 Å². The van der Waals surface area contributed by atoms with Gasteiger partial charge in [-0.1, -0.05) is 72.6 Å². The van der Waals surface area contributed by atoms with E-state index >= 15 is 0 Å². The van der Waals surface area contributed by atoms with Crippen LogP contribution in [0.15, 0.2) is 108 Å². The van der Waals surface area contributed by atoms with Crippen molar-refractivity contribution >= 4 is 27.5 Å². The van der Waals surface area contributed by atoms with Gasteiger partial charge in [0.2, 0.25) is 11.8 Å². The van der Waals surface area contributed by atoms with Crippen molar-refractivity contribution < 1.29 is 22.7 Å². The lowest BCUT2D eigenvalue weighted by Crippen LogP contribution is -2.51. The molecule has 8 nitrogen and oxygen atoms in total. The standard InChI is InChI=1S/C34H37N3O5S/c1-5-32(34(39)35-4)36(23-27-11-9-10-26(3)22-27)33(38)24-37(43(40,41)31-20-14-25(2)15-21-31)28-16-18-30(19-17-28)42-29-12-7-6-8-13-29/h6-22,32H,5,23-24H2,1-4H3,(H,35,39)/t32-/m0/s1. The molecule has 9 heteroatoms. The lowest BCUT2D eigenvalue weighted by Gasteiger charge is -2.33. The summed E-state index contributed by atoms with van der Waals surface area (Å²) in [6.07, 6.45) is 0.355. The van der Waals surface area contributed by atoms with Gasteiger partial charge in [0.05, 0.1) is 10.6 Å². The fraction of sp³-hybridized carbons (Fsp3) is 0.235. The van der Waals surface area contributed by atoms with Crippen molar-refractivity contribution in [1.29, 1.82) is 0 Å². The maximum absolute atomic E-state index is 14.1. The first-order valence-corrected chi connectivity index (χ1v) is 15.6. The molecule has 0 unspecified atom stereocenters. The average molecular weight is 600 g/mol. The van der Waals surface area contributed by atoms with Crippen molar-refractivity contribution in [3.05, 3.63) is 120 Å². The number of para-hydroxylation sites is 1. The van der Waals surface area contributed by atoms with Crippen LogP contribution in [0.25, 0.3) is 0 Å². The number of aryl methyl sites for hydroxylation is 2. The Hall–Kier alpha value is -4.63. The molecule has 0 radical (unpaired) electrons. The third-order valence-corrected chi connectivity index (χ3v) is 8.85. The van der Waals surface area contributed by atoms with Crippen LogP contribution in [0.4, 0.5) is 5.69 Å². The van der Waals surface area contributed by atoms with Gasteiger partial charge in [0, 0.05) is 13.6 Å². The van der Waals surface area contributed by atoms with E-state index in [1.807, 2.05) is 75.4 Å². The number of nitrogens with one attached hydrogen (secondary N) is 1. The molecular weight excluding hydrogens is 562 g/mol. The fourth-order valence-corrected chi connectivity index (χ4v) is 6.18. The summed E-state index contributed by atoms with van der Waals surface area (Å²) in [6.45, 7) is 5.29. The summed E-state index contributed by atoms with van der Waals surface area (Å²) >= 11 is 0. The normalized spacial score (nSPS) is 11.8. The van der Waals surface area contributed by atoms with Gasteiger partial charge in [-0.25, -0.2) is 8.42 Å². The van der Waals surface area contributed by atoms with Crippen LogP contribution in [-0.4, -0.2) is 44.8 Å². The highest BCUT2D eigenvalue weighted by atomic mass is 32.2. The number of anilines is 1. The van der Waals surface area contributed by atoms with Gasteiger partial charge in [0.1, 0.15) is 24.1 Å². The van der Waals surface area contributed by atoms with Gasteiger partial charge < -0.3 is 15.0 Å². The Morgan fingerprint density at radius 3 is 2.07 bits per heavy atom. The summed E-state index contributed by atoms with van der Waals surface area (Å²) in [5.74, 6) is 0.331. The van der Waals surface area contributed by atoms with Crippen molar-refractivity contribution in [3.63, 3.8) is 0 Å². The second-order valence-corrected chi connectivity index (χ2v) is 12.1. The number of ether oxygens (including phenoxy) is 1. The number of sulfonamides is 1. The van der Waals surface area contributed by atoms with Crippen molar-refractivity contribution in [2.45, 2.75) is 44.7 Å². The lowest BCUT2D eigenvalue weighted by molar-refractivity contribution is -0.140. The Bertz CT molecular complexity index is 1640. The minimum absolute atomic E-state index is 0.0547. The highest BCUT2D eigenvalue weighted by molar-refractivity contribution is 7.92. The van der Waals surface area contributed by atoms with E-state index in [0.29, 0.717) is 17.9 Å². The number of likely N-dealkylation sites (N-methyl/N-ethyl adjacent to an activating group) is 1. The second kappa shape index (κ2) is 14.0. The molecule has 0 fully saturated rings. The van der Waals surface area contributed by atoms with Crippen LogP contribution in [-0.2, 0) is 26.2 Å². The zero-order chi connectivity index (χ0) is 31.0. The van der Waals surface area contributed by atoms with Gasteiger partial charge in [-0.15, -0.1) is 0 Å². The number of carbonyl (C=O) groups excluding carboxylic acids is 2. The van der Waals surface area contributed by atoms with E-state index in [0.717, 1.165) is 21.0 Å². The largest absolute Gasteiger partial charge is 0.457 e. The molecule has 224 valence electrons. The first-order valence-electron chi connectivity index (χ1n) is 14.1. The molecule has 1 atom stereocenters. The third-order valence-electron chi connectivity index (χ3n) is 7.06. The minimum atomic E-state index is -4.16. The number of hydrogen-bond donors (Lipinski definition) is 1. The summed E-state index contributed by atoms with van der Waals surface area (Å²) in [4.78, 5) is 28.5. The molecule has 4 rings (SSSR count). The van der Waals surface area contributed by atoms with Crippen LogP contribution >= 0.6 is 0 Å². The maximum Gasteiger partial charge on any atom is 0.264 e. The van der Waals surface area contributed by atoms with E-state index in [1.165, 1.54) is 24.1 Å². The van der Waals surface area contributed by atoms with Gasteiger partial charge in [-0.3, -0.25) is 13.9 Å². The highest BCUT2D eigenvalue weighted by Crippen LogP contribution is 2.29. The van der Waals surface area contributed by atoms with Crippen molar-refractivity contribution in [1.82, 2.24) is 10.2 Å². The van der Waals surface area contributed by atoms with Crippen LogP contribution in [0, 0.1) is 13.8 Å². The molecule has 1 N–H and O–H groups in total. The number of hydrogen-bond acceptors (Lipinski definition) is 5. The van der Waals surface area contributed by atoms with Crippen molar-refractivity contribution in [3.8, 4) is 11.5 Å². The zero-order valence-corrected chi connectivity index (χ0v) is 25.7. The number of nitrogens with zero attached hydrogens (tertiary/aromatic N) is 2. The van der Waals surface area contributed by atoms with Crippen LogP contribution in [0.5, 0.6) is 11.5 Å². The SMILES string of the molecule is CC[C@@H](C(=O)NC)N(Cc1cccc(C)c1)C(=O)CN(c1ccc(Oc2ccccc2)cc1)S(=O)(=O)c1ccc(C)cc1. The minimum Gasteiger partial charge on any atom is -0.457 e. The van der Waals surface area contributed by atoms with Crippen LogP contribution in [0.1, 0.15) is 30.0 Å². The Balaban J connectivity index is 1.72. The van der Waals surface area contributed by atoms with Gasteiger partial charge in [-0.05, 0) is 74.4 Å². The molecule has 4 aromatic carbocycles. The zero-order valence-electron chi connectivity index (χ0n) is 24.9. The van der Waals surface area contributed by atoms with E-state index in [1.54, 1.807) is 36.4 Å². The van der Waals surface area contributed by atoms with Gasteiger partial charge >= 0.3 is 0 Å².